The molecule has 0 atom stereocenters. The van der Waals surface area contributed by atoms with Crippen molar-refractivity contribution in [2.75, 3.05) is 6.61 Å². The predicted molar refractivity (Wildman–Crippen MR) is 65.8 cm³/mol. The summed E-state index contributed by atoms with van der Waals surface area (Å²) in [7, 11) is 0. The minimum Gasteiger partial charge on any atom is -0.502 e. The molecule has 1 aromatic carbocycles. The lowest BCUT2D eigenvalue weighted by molar-refractivity contribution is -0.141. The first-order valence-electron chi connectivity index (χ1n) is 5.03. The second kappa shape index (κ2) is 6.30. The normalized spacial score (nSPS) is 11.2. The van der Waals surface area contributed by atoms with Crippen molar-refractivity contribution in [3.63, 3.8) is 0 Å². The minimum atomic E-state index is -0.980. The average molecular weight is 317 g/mol. The van der Waals surface area contributed by atoms with Crippen molar-refractivity contribution in [2.45, 2.75) is 6.92 Å². The molecule has 1 rings (SSSR count). The van der Waals surface area contributed by atoms with Gasteiger partial charge in [-0.2, -0.15) is 0 Å². The fraction of sp³-hybridized carbons (Fsp3) is 0.167. The van der Waals surface area contributed by atoms with Crippen molar-refractivity contribution >= 4 is 27.7 Å². The largest absolute Gasteiger partial charge is 0.502 e. The third kappa shape index (κ3) is 3.66. The highest BCUT2D eigenvalue weighted by molar-refractivity contribution is 9.10. The van der Waals surface area contributed by atoms with Crippen molar-refractivity contribution in [3.8, 4) is 0 Å². The number of allylic oxidation sites excluding steroid dienone is 1. The molecule has 0 saturated heterocycles. The van der Waals surface area contributed by atoms with Crippen LogP contribution in [-0.4, -0.2) is 23.5 Å². The maximum Gasteiger partial charge on any atom is 0.373 e. The molecule has 0 aliphatic heterocycles. The van der Waals surface area contributed by atoms with Crippen LogP contribution in [0, 0.1) is 5.82 Å². The van der Waals surface area contributed by atoms with Crippen molar-refractivity contribution in [1.29, 1.82) is 0 Å². The lowest BCUT2D eigenvalue weighted by Gasteiger charge is -2.01. The Hall–Kier alpha value is -1.69. The van der Waals surface area contributed by atoms with Gasteiger partial charge in [0, 0.05) is 11.6 Å². The molecule has 1 aromatic rings. The third-order valence-corrected chi connectivity index (χ3v) is 2.56. The molecule has 0 unspecified atom stereocenters. The van der Waals surface area contributed by atoms with Crippen LogP contribution in [0.5, 0.6) is 0 Å². The van der Waals surface area contributed by atoms with Crippen LogP contribution in [0.1, 0.15) is 17.3 Å². The Morgan fingerprint density at radius 1 is 1.50 bits per heavy atom. The first kappa shape index (κ1) is 14.4. The van der Waals surface area contributed by atoms with Gasteiger partial charge in [-0.3, -0.25) is 4.79 Å². The molecule has 4 nitrogen and oxygen atoms in total. The zero-order chi connectivity index (χ0) is 13.7. The topological polar surface area (TPSA) is 63.6 Å². The van der Waals surface area contributed by atoms with Crippen molar-refractivity contribution in [1.82, 2.24) is 0 Å². The summed E-state index contributed by atoms with van der Waals surface area (Å²) < 4.78 is 17.6. The van der Waals surface area contributed by atoms with Gasteiger partial charge in [0.25, 0.3) is 0 Å². The first-order chi connectivity index (χ1) is 8.45. The Kier molecular flexibility index (Phi) is 5.03. The van der Waals surface area contributed by atoms with Crippen LogP contribution in [0.25, 0.3) is 0 Å². The van der Waals surface area contributed by atoms with Crippen LogP contribution in [0.15, 0.2) is 34.5 Å². The summed E-state index contributed by atoms with van der Waals surface area (Å²) in [5.74, 6) is -2.90. The molecular weight excluding hydrogens is 307 g/mol. The maximum absolute atomic E-state index is 13.0. The second-order valence-electron chi connectivity index (χ2n) is 3.24. The summed E-state index contributed by atoms with van der Waals surface area (Å²) in [5.41, 5.74) is 0.138. The average Bonchev–Trinajstić information content (AvgIpc) is 2.32. The molecule has 1 N–H and O–H groups in total. The standard InChI is InChI=1S/C12H10BrFO4/c1-2-18-12(17)11(16)6-10(15)7-3-4-9(14)8(13)5-7/h3-6,16H,2H2,1H3/b11-6-. The van der Waals surface area contributed by atoms with Crippen molar-refractivity contribution in [2.24, 2.45) is 0 Å². The number of aliphatic hydroxyl groups excluding tert-OH is 1. The molecule has 0 heterocycles. The van der Waals surface area contributed by atoms with Crippen LogP contribution >= 0.6 is 15.9 Å². The summed E-state index contributed by atoms with van der Waals surface area (Å²) in [6.07, 6.45) is 0.734. The van der Waals surface area contributed by atoms with Gasteiger partial charge in [0.05, 0.1) is 11.1 Å². The molecule has 0 saturated carbocycles. The van der Waals surface area contributed by atoms with Gasteiger partial charge in [0.1, 0.15) is 5.82 Å². The molecule has 0 bridgehead atoms. The van der Waals surface area contributed by atoms with Gasteiger partial charge in [-0.05, 0) is 41.1 Å². The van der Waals surface area contributed by atoms with E-state index >= 15 is 0 Å². The first-order valence-corrected chi connectivity index (χ1v) is 5.82. The number of carbonyl (C=O) groups excluding carboxylic acids is 2. The molecule has 0 fully saturated rings. The summed E-state index contributed by atoms with van der Waals surface area (Å²) in [6.45, 7) is 1.66. The highest BCUT2D eigenvalue weighted by Gasteiger charge is 2.13. The van der Waals surface area contributed by atoms with E-state index in [2.05, 4.69) is 20.7 Å². The Morgan fingerprint density at radius 3 is 2.72 bits per heavy atom. The monoisotopic (exact) mass is 316 g/mol. The molecule has 18 heavy (non-hydrogen) atoms. The van der Waals surface area contributed by atoms with E-state index in [4.69, 9.17) is 0 Å². The fourth-order valence-electron chi connectivity index (χ4n) is 1.12. The Balaban J connectivity index is 2.91. The number of ether oxygens (including phenoxy) is 1. The number of aliphatic hydroxyl groups is 1. The molecule has 0 radical (unpaired) electrons. The molecule has 0 aliphatic carbocycles. The van der Waals surface area contributed by atoms with Gasteiger partial charge >= 0.3 is 5.97 Å². The number of ketones is 1. The van der Waals surface area contributed by atoms with Crippen molar-refractivity contribution in [3.05, 3.63) is 45.9 Å². The van der Waals surface area contributed by atoms with E-state index in [9.17, 15) is 19.1 Å². The molecule has 0 spiro atoms. The van der Waals surface area contributed by atoms with Gasteiger partial charge in [-0.25, -0.2) is 9.18 Å². The van der Waals surface area contributed by atoms with Crippen LogP contribution < -0.4 is 0 Å². The number of hydrogen-bond donors (Lipinski definition) is 1. The number of rotatable bonds is 4. The predicted octanol–water partition coefficient (Wildman–Crippen LogP) is 2.78. The van der Waals surface area contributed by atoms with Gasteiger partial charge in [-0.15, -0.1) is 0 Å². The SMILES string of the molecule is CCOC(=O)/C(O)=C/C(=O)c1ccc(F)c(Br)c1. The van der Waals surface area contributed by atoms with Gasteiger partial charge in [0.15, 0.2) is 5.78 Å². The number of esters is 1. The number of carbonyl (C=O) groups is 2. The van der Waals surface area contributed by atoms with Crippen LogP contribution in [0.3, 0.4) is 0 Å². The van der Waals surface area contributed by atoms with E-state index in [-0.39, 0.29) is 16.6 Å². The van der Waals surface area contributed by atoms with E-state index in [0.717, 1.165) is 12.1 Å². The molecule has 6 heteroatoms. The van der Waals surface area contributed by atoms with Crippen molar-refractivity contribution < 1.29 is 23.8 Å². The Labute approximate surface area is 111 Å². The maximum atomic E-state index is 13.0. The number of halogens is 2. The van der Waals surface area contributed by atoms with Crippen LogP contribution in [-0.2, 0) is 9.53 Å². The number of hydrogen-bond acceptors (Lipinski definition) is 4. The molecule has 96 valence electrons. The Morgan fingerprint density at radius 2 is 2.17 bits per heavy atom. The minimum absolute atomic E-state index is 0.0903. The van der Waals surface area contributed by atoms with E-state index in [1.165, 1.54) is 12.1 Å². The summed E-state index contributed by atoms with van der Waals surface area (Å²) >= 11 is 2.93. The molecular formula is C12H10BrFO4. The zero-order valence-corrected chi connectivity index (χ0v) is 11.0. The number of benzene rings is 1. The fourth-order valence-corrected chi connectivity index (χ4v) is 1.50. The van der Waals surface area contributed by atoms with E-state index in [0.29, 0.717) is 0 Å². The molecule has 0 amide bonds. The van der Waals surface area contributed by atoms with Gasteiger partial charge < -0.3 is 9.84 Å². The quantitative estimate of drug-likeness (QED) is 0.401. The third-order valence-electron chi connectivity index (χ3n) is 1.96. The zero-order valence-electron chi connectivity index (χ0n) is 9.44. The lowest BCUT2D eigenvalue weighted by Crippen LogP contribution is -2.09. The van der Waals surface area contributed by atoms with Gasteiger partial charge in [0.2, 0.25) is 5.76 Å². The van der Waals surface area contributed by atoms with E-state index < -0.39 is 23.3 Å². The highest BCUT2D eigenvalue weighted by atomic mass is 79.9. The van der Waals surface area contributed by atoms with E-state index in [1.54, 1.807) is 6.92 Å². The second-order valence-corrected chi connectivity index (χ2v) is 4.10. The summed E-state index contributed by atoms with van der Waals surface area (Å²) in [6, 6.07) is 3.61. The lowest BCUT2D eigenvalue weighted by atomic mass is 10.1. The highest BCUT2D eigenvalue weighted by Crippen LogP contribution is 2.17. The summed E-state index contributed by atoms with van der Waals surface area (Å²) in [5, 5.41) is 9.28. The molecule has 0 aromatic heterocycles. The van der Waals surface area contributed by atoms with Gasteiger partial charge in [-0.1, -0.05) is 0 Å². The van der Waals surface area contributed by atoms with E-state index in [1.807, 2.05) is 0 Å². The summed E-state index contributed by atoms with van der Waals surface area (Å²) in [4.78, 5) is 22.7. The van der Waals surface area contributed by atoms with Crippen LogP contribution in [0.2, 0.25) is 0 Å². The smallest absolute Gasteiger partial charge is 0.373 e. The van der Waals surface area contributed by atoms with Crippen LogP contribution in [0.4, 0.5) is 4.39 Å². The molecule has 0 aliphatic rings. The Bertz CT molecular complexity index is 511.